The number of hydrogen-bond donors (Lipinski definition) is 1. The zero-order valence-corrected chi connectivity index (χ0v) is 11.0. The van der Waals surface area contributed by atoms with Gasteiger partial charge in [-0.05, 0) is 18.4 Å². The molecule has 0 amide bonds. The van der Waals surface area contributed by atoms with Gasteiger partial charge < -0.3 is 5.73 Å². The highest BCUT2D eigenvalue weighted by atomic mass is 35.5. The third kappa shape index (κ3) is 4.78. The predicted molar refractivity (Wildman–Crippen MR) is 75.9 cm³/mol. The SMILES string of the molecule is Cl.NC(Cc1ccccc1)=NC1CCCCC1. The summed E-state index contributed by atoms with van der Waals surface area (Å²) in [6.45, 7) is 0. The van der Waals surface area contributed by atoms with Gasteiger partial charge in [0, 0.05) is 6.42 Å². The Balaban J connectivity index is 0.00000144. The van der Waals surface area contributed by atoms with E-state index in [1.165, 1.54) is 37.7 Å². The van der Waals surface area contributed by atoms with E-state index in [0.717, 1.165) is 12.3 Å². The van der Waals surface area contributed by atoms with E-state index < -0.39 is 0 Å². The molecule has 2 nitrogen and oxygen atoms in total. The number of benzene rings is 1. The summed E-state index contributed by atoms with van der Waals surface area (Å²) < 4.78 is 0. The summed E-state index contributed by atoms with van der Waals surface area (Å²) in [6.07, 6.45) is 7.21. The Morgan fingerprint density at radius 3 is 2.41 bits per heavy atom. The number of rotatable bonds is 3. The van der Waals surface area contributed by atoms with Crippen molar-refractivity contribution in [3.63, 3.8) is 0 Å². The average molecular weight is 253 g/mol. The second-order valence-corrected chi connectivity index (χ2v) is 4.57. The van der Waals surface area contributed by atoms with Crippen LogP contribution in [-0.4, -0.2) is 11.9 Å². The van der Waals surface area contributed by atoms with Crippen LogP contribution in [0, 0.1) is 0 Å². The lowest BCUT2D eigenvalue weighted by Crippen LogP contribution is -2.20. The third-order valence-electron chi connectivity index (χ3n) is 3.15. The zero-order chi connectivity index (χ0) is 11.2. The maximum atomic E-state index is 5.99. The van der Waals surface area contributed by atoms with Crippen molar-refractivity contribution in [2.24, 2.45) is 10.7 Å². The van der Waals surface area contributed by atoms with Gasteiger partial charge in [0.1, 0.15) is 0 Å². The minimum atomic E-state index is 0. The first-order valence-electron chi connectivity index (χ1n) is 6.20. The standard InChI is InChI=1S/C14H20N2.ClH/c15-14(11-12-7-3-1-4-8-12)16-13-9-5-2-6-10-13;/h1,3-4,7-8,13H,2,5-6,9-11H2,(H2,15,16);1H. The lowest BCUT2D eigenvalue weighted by Gasteiger charge is -2.18. The summed E-state index contributed by atoms with van der Waals surface area (Å²) in [5.41, 5.74) is 7.24. The summed E-state index contributed by atoms with van der Waals surface area (Å²) in [5, 5.41) is 0. The van der Waals surface area contributed by atoms with E-state index in [0.29, 0.717) is 6.04 Å². The molecule has 94 valence electrons. The number of nitrogens with two attached hydrogens (primary N) is 1. The van der Waals surface area contributed by atoms with Crippen LogP contribution in [-0.2, 0) is 6.42 Å². The van der Waals surface area contributed by atoms with Gasteiger partial charge >= 0.3 is 0 Å². The van der Waals surface area contributed by atoms with Gasteiger partial charge in [-0.2, -0.15) is 0 Å². The molecule has 3 heteroatoms. The van der Waals surface area contributed by atoms with Crippen LogP contribution >= 0.6 is 12.4 Å². The molecule has 0 aliphatic heterocycles. The number of halogens is 1. The topological polar surface area (TPSA) is 38.4 Å². The molecule has 0 saturated heterocycles. The molecular weight excluding hydrogens is 232 g/mol. The summed E-state index contributed by atoms with van der Waals surface area (Å²) in [7, 11) is 0. The molecule has 17 heavy (non-hydrogen) atoms. The van der Waals surface area contributed by atoms with Crippen molar-refractivity contribution < 1.29 is 0 Å². The molecule has 2 N–H and O–H groups in total. The molecule has 1 saturated carbocycles. The first kappa shape index (κ1) is 14.0. The van der Waals surface area contributed by atoms with Crippen molar-refractivity contribution in [1.29, 1.82) is 0 Å². The highest BCUT2D eigenvalue weighted by Gasteiger charge is 2.12. The van der Waals surface area contributed by atoms with Crippen molar-refractivity contribution in [3.8, 4) is 0 Å². The van der Waals surface area contributed by atoms with E-state index >= 15 is 0 Å². The van der Waals surface area contributed by atoms with E-state index in [9.17, 15) is 0 Å². The summed E-state index contributed by atoms with van der Waals surface area (Å²) >= 11 is 0. The molecule has 0 heterocycles. The Kier molecular flexibility index (Phi) is 6.06. The fourth-order valence-corrected chi connectivity index (χ4v) is 2.30. The van der Waals surface area contributed by atoms with Crippen LogP contribution in [0.4, 0.5) is 0 Å². The van der Waals surface area contributed by atoms with Crippen LogP contribution in [0.15, 0.2) is 35.3 Å². The number of aliphatic imine (C=N–C) groups is 1. The van der Waals surface area contributed by atoms with Gasteiger partial charge in [-0.1, -0.05) is 49.6 Å². The van der Waals surface area contributed by atoms with Crippen LogP contribution in [0.5, 0.6) is 0 Å². The van der Waals surface area contributed by atoms with E-state index in [4.69, 9.17) is 5.73 Å². The molecule has 0 atom stereocenters. The van der Waals surface area contributed by atoms with Crippen molar-refractivity contribution in [2.75, 3.05) is 0 Å². The molecule has 0 spiro atoms. The normalized spacial score (nSPS) is 17.5. The molecule has 1 aliphatic rings. The first-order chi connectivity index (χ1) is 7.84. The Labute approximate surface area is 110 Å². The van der Waals surface area contributed by atoms with Gasteiger partial charge in [0.25, 0.3) is 0 Å². The third-order valence-corrected chi connectivity index (χ3v) is 3.15. The molecule has 0 unspecified atom stereocenters. The van der Waals surface area contributed by atoms with E-state index in [2.05, 4.69) is 17.1 Å². The molecule has 0 aromatic heterocycles. The van der Waals surface area contributed by atoms with Crippen molar-refractivity contribution in [2.45, 2.75) is 44.6 Å². The lowest BCUT2D eigenvalue weighted by molar-refractivity contribution is 0.443. The smallest absolute Gasteiger partial charge is 0.0984 e. The van der Waals surface area contributed by atoms with E-state index in [1.54, 1.807) is 0 Å². The summed E-state index contributed by atoms with van der Waals surface area (Å²) in [5.74, 6) is 0.790. The predicted octanol–water partition coefficient (Wildman–Crippen LogP) is 3.34. The number of hydrogen-bond acceptors (Lipinski definition) is 1. The maximum absolute atomic E-state index is 5.99. The molecule has 0 radical (unpaired) electrons. The minimum Gasteiger partial charge on any atom is -0.387 e. The van der Waals surface area contributed by atoms with Crippen LogP contribution in [0.25, 0.3) is 0 Å². The largest absolute Gasteiger partial charge is 0.387 e. The van der Waals surface area contributed by atoms with Gasteiger partial charge in [-0.15, -0.1) is 12.4 Å². The quantitative estimate of drug-likeness (QED) is 0.650. The maximum Gasteiger partial charge on any atom is 0.0984 e. The molecular formula is C14H21ClN2. The minimum absolute atomic E-state index is 0. The van der Waals surface area contributed by atoms with Crippen molar-refractivity contribution >= 4 is 18.2 Å². The van der Waals surface area contributed by atoms with Crippen LogP contribution < -0.4 is 5.73 Å². The second-order valence-electron chi connectivity index (χ2n) is 4.57. The molecule has 1 fully saturated rings. The van der Waals surface area contributed by atoms with E-state index in [1.807, 2.05) is 18.2 Å². The Bertz CT molecular complexity index is 342. The Morgan fingerprint density at radius 2 is 1.76 bits per heavy atom. The highest BCUT2D eigenvalue weighted by Crippen LogP contribution is 2.20. The summed E-state index contributed by atoms with van der Waals surface area (Å²) in [6, 6.07) is 10.8. The van der Waals surface area contributed by atoms with Gasteiger partial charge in [0.15, 0.2) is 0 Å². The molecule has 1 aliphatic carbocycles. The van der Waals surface area contributed by atoms with Gasteiger partial charge in [0.2, 0.25) is 0 Å². The van der Waals surface area contributed by atoms with Crippen LogP contribution in [0.1, 0.15) is 37.7 Å². The lowest BCUT2D eigenvalue weighted by atomic mass is 9.96. The number of nitrogens with zero attached hydrogens (tertiary/aromatic N) is 1. The average Bonchev–Trinajstić information content (AvgIpc) is 2.31. The Hall–Kier alpha value is -1.02. The Morgan fingerprint density at radius 1 is 1.12 bits per heavy atom. The highest BCUT2D eigenvalue weighted by molar-refractivity contribution is 5.85. The monoisotopic (exact) mass is 252 g/mol. The summed E-state index contributed by atoms with van der Waals surface area (Å²) in [4.78, 5) is 4.63. The van der Waals surface area contributed by atoms with Crippen molar-refractivity contribution in [1.82, 2.24) is 0 Å². The number of amidine groups is 1. The van der Waals surface area contributed by atoms with Crippen LogP contribution in [0.3, 0.4) is 0 Å². The van der Waals surface area contributed by atoms with Crippen molar-refractivity contribution in [3.05, 3.63) is 35.9 Å². The first-order valence-corrected chi connectivity index (χ1v) is 6.20. The zero-order valence-electron chi connectivity index (χ0n) is 10.1. The second kappa shape index (κ2) is 7.33. The molecule has 1 aromatic rings. The molecule has 1 aromatic carbocycles. The van der Waals surface area contributed by atoms with Gasteiger partial charge in [0.05, 0.1) is 11.9 Å². The fraction of sp³-hybridized carbons (Fsp3) is 0.500. The van der Waals surface area contributed by atoms with E-state index in [-0.39, 0.29) is 12.4 Å². The van der Waals surface area contributed by atoms with Crippen LogP contribution in [0.2, 0.25) is 0 Å². The van der Waals surface area contributed by atoms with Gasteiger partial charge in [-0.25, -0.2) is 0 Å². The van der Waals surface area contributed by atoms with Gasteiger partial charge in [-0.3, -0.25) is 4.99 Å². The molecule has 0 bridgehead atoms. The fourth-order valence-electron chi connectivity index (χ4n) is 2.30. The molecule has 2 rings (SSSR count).